The SMILES string of the molecule is COc1cc(CNCC(=O)N2CCCc3ccccc32)cc(Cl)c1OC. The second-order valence-electron chi connectivity index (χ2n) is 6.19. The van der Waals surface area contributed by atoms with Crippen molar-refractivity contribution < 1.29 is 14.3 Å². The molecule has 0 radical (unpaired) electrons. The molecule has 1 amide bonds. The van der Waals surface area contributed by atoms with Crippen molar-refractivity contribution in [2.24, 2.45) is 0 Å². The van der Waals surface area contributed by atoms with Gasteiger partial charge in [0.25, 0.3) is 0 Å². The van der Waals surface area contributed by atoms with Gasteiger partial charge in [-0.1, -0.05) is 29.8 Å². The number of para-hydroxylation sites is 1. The molecule has 0 aliphatic carbocycles. The molecule has 2 aromatic carbocycles. The van der Waals surface area contributed by atoms with Gasteiger partial charge in [0, 0.05) is 18.8 Å². The van der Waals surface area contributed by atoms with E-state index in [1.165, 1.54) is 5.56 Å². The molecule has 138 valence electrons. The fourth-order valence-electron chi connectivity index (χ4n) is 3.28. The maximum absolute atomic E-state index is 12.6. The Morgan fingerprint density at radius 3 is 2.81 bits per heavy atom. The van der Waals surface area contributed by atoms with E-state index in [-0.39, 0.29) is 12.5 Å². The van der Waals surface area contributed by atoms with E-state index >= 15 is 0 Å². The highest BCUT2D eigenvalue weighted by molar-refractivity contribution is 6.32. The van der Waals surface area contributed by atoms with Crippen LogP contribution in [-0.2, 0) is 17.8 Å². The van der Waals surface area contributed by atoms with Crippen molar-refractivity contribution in [3.63, 3.8) is 0 Å². The van der Waals surface area contributed by atoms with Crippen LogP contribution in [0.25, 0.3) is 0 Å². The third-order valence-corrected chi connectivity index (χ3v) is 4.79. The van der Waals surface area contributed by atoms with Crippen molar-refractivity contribution in [3.05, 3.63) is 52.5 Å². The first kappa shape index (κ1) is 18.5. The second kappa shape index (κ2) is 8.43. The van der Waals surface area contributed by atoms with Gasteiger partial charge in [0.2, 0.25) is 5.91 Å². The molecule has 0 saturated carbocycles. The molecule has 1 heterocycles. The minimum absolute atomic E-state index is 0.0729. The number of benzene rings is 2. The van der Waals surface area contributed by atoms with Crippen molar-refractivity contribution >= 4 is 23.2 Å². The van der Waals surface area contributed by atoms with Crippen molar-refractivity contribution in [1.29, 1.82) is 0 Å². The van der Waals surface area contributed by atoms with Gasteiger partial charge in [-0.3, -0.25) is 4.79 Å². The lowest BCUT2D eigenvalue weighted by atomic mass is 10.0. The number of amides is 1. The first-order valence-electron chi connectivity index (χ1n) is 8.63. The number of methoxy groups -OCH3 is 2. The van der Waals surface area contributed by atoms with Crippen molar-refractivity contribution in [1.82, 2.24) is 5.32 Å². The van der Waals surface area contributed by atoms with Gasteiger partial charge in [-0.15, -0.1) is 0 Å². The van der Waals surface area contributed by atoms with Crippen LogP contribution in [0.1, 0.15) is 17.5 Å². The number of anilines is 1. The summed E-state index contributed by atoms with van der Waals surface area (Å²) in [5.41, 5.74) is 3.19. The van der Waals surface area contributed by atoms with Crippen LogP contribution in [0.3, 0.4) is 0 Å². The van der Waals surface area contributed by atoms with Crippen LogP contribution in [-0.4, -0.2) is 33.2 Å². The molecule has 0 atom stereocenters. The van der Waals surface area contributed by atoms with Gasteiger partial charge < -0.3 is 19.7 Å². The summed E-state index contributed by atoms with van der Waals surface area (Å²) in [6.07, 6.45) is 2.02. The first-order valence-corrected chi connectivity index (χ1v) is 9.01. The monoisotopic (exact) mass is 374 g/mol. The van der Waals surface area contributed by atoms with Crippen LogP contribution >= 0.6 is 11.6 Å². The van der Waals surface area contributed by atoms with Crippen LogP contribution in [0.2, 0.25) is 5.02 Å². The molecule has 1 aliphatic heterocycles. The highest BCUT2D eigenvalue weighted by Crippen LogP contribution is 2.36. The normalized spacial score (nSPS) is 13.3. The third kappa shape index (κ3) is 3.94. The maximum atomic E-state index is 12.6. The number of fused-ring (bicyclic) bond motifs is 1. The number of carbonyl (C=O) groups is 1. The molecular weight excluding hydrogens is 352 g/mol. The van der Waals surface area contributed by atoms with E-state index in [0.717, 1.165) is 30.6 Å². The van der Waals surface area contributed by atoms with Crippen LogP contribution in [0.15, 0.2) is 36.4 Å². The first-order chi connectivity index (χ1) is 12.6. The molecule has 2 aromatic rings. The topological polar surface area (TPSA) is 50.8 Å². The predicted octanol–water partition coefficient (Wildman–Crippen LogP) is 3.43. The van der Waals surface area contributed by atoms with Crippen molar-refractivity contribution in [2.75, 3.05) is 32.2 Å². The molecule has 0 aromatic heterocycles. The number of hydrogen-bond acceptors (Lipinski definition) is 4. The number of ether oxygens (including phenoxy) is 2. The Labute approximate surface area is 158 Å². The number of aryl methyl sites for hydroxylation is 1. The summed E-state index contributed by atoms with van der Waals surface area (Å²) in [5, 5.41) is 3.69. The molecule has 3 rings (SSSR count). The van der Waals surface area contributed by atoms with Gasteiger partial charge in [-0.2, -0.15) is 0 Å². The van der Waals surface area contributed by atoms with Crippen molar-refractivity contribution in [2.45, 2.75) is 19.4 Å². The summed E-state index contributed by atoms with van der Waals surface area (Å²) >= 11 is 6.22. The number of rotatable bonds is 6. The molecule has 26 heavy (non-hydrogen) atoms. The van der Waals surface area contributed by atoms with E-state index in [1.54, 1.807) is 14.2 Å². The highest BCUT2D eigenvalue weighted by Gasteiger charge is 2.21. The van der Waals surface area contributed by atoms with E-state index in [1.807, 2.05) is 35.2 Å². The number of nitrogens with one attached hydrogen (secondary N) is 1. The number of halogens is 1. The summed E-state index contributed by atoms with van der Waals surface area (Å²) in [6.45, 7) is 1.54. The smallest absolute Gasteiger partial charge is 0.240 e. The van der Waals surface area contributed by atoms with E-state index < -0.39 is 0 Å². The summed E-state index contributed by atoms with van der Waals surface area (Å²) in [6, 6.07) is 11.8. The average molecular weight is 375 g/mol. The number of carbonyl (C=O) groups excluding carboxylic acids is 1. The lowest BCUT2D eigenvalue weighted by Crippen LogP contribution is -2.41. The molecule has 1 aliphatic rings. The fraction of sp³-hybridized carbons (Fsp3) is 0.350. The zero-order chi connectivity index (χ0) is 18.5. The summed E-state index contributed by atoms with van der Waals surface area (Å²) in [4.78, 5) is 14.5. The standard InChI is InChI=1S/C20H23ClN2O3/c1-25-18-11-14(10-16(21)20(18)26-2)12-22-13-19(24)23-9-5-7-15-6-3-4-8-17(15)23/h3-4,6,8,10-11,22H,5,7,9,12-13H2,1-2H3. The molecule has 0 bridgehead atoms. The minimum Gasteiger partial charge on any atom is -0.493 e. The molecule has 1 N–H and O–H groups in total. The van der Waals surface area contributed by atoms with Crippen molar-refractivity contribution in [3.8, 4) is 11.5 Å². The Bertz CT molecular complexity index is 795. The van der Waals surface area contributed by atoms with E-state index in [0.29, 0.717) is 23.1 Å². The largest absolute Gasteiger partial charge is 0.493 e. The van der Waals surface area contributed by atoms with Crippen LogP contribution in [0, 0.1) is 0 Å². The molecule has 5 nitrogen and oxygen atoms in total. The van der Waals surface area contributed by atoms with Crippen LogP contribution in [0.4, 0.5) is 5.69 Å². The predicted molar refractivity (Wildman–Crippen MR) is 103 cm³/mol. The van der Waals surface area contributed by atoms with Gasteiger partial charge >= 0.3 is 0 Å². The number of nitrogens with zero attached hydrogens (tertiary/aromatic N) is 1. The Morgan fingerprint density at radius 1 is 1.23 bits per heavy atom. The molecule has 0 fully saturated rings. The second-order valence-corrected chi connectivity index (χ2v) is 6.60. The molecule has 6 heteroatoms. The van der Waals surface area contributed by atoms with E-state index in [4.69, 9.17) is 21.1 Å². The molecule has 0 spiro atoms. The van der Waals surface area contributed by atoms with Gasteiger partial charge in [0.1, 0.15) is 0 Å². The maximum Gasteiger partial charge on any atom is 0.240 e. The molecule has 0 saturated heterocycles. The quantitative estimate of drug-likeness (QED) is 0.841. The minimum atomic E-state index is 0.0729. The molecular formula is C20H23ClN2O3. The van der Waals surface area contributed by atoms with Gasteiger partial charge in [0.15, 0.2) is 11.5 Å². The summed E-state index contributed by atoms with van der Waals surface area (Å²) < 4.78 is 10.5. The summed E-state index contributed by atoms with van der Waals surface area (Å²) in [5.74, 6) is 1.16. The molecule has 0 unspecified atom stereocenters. The zero-order valence-electron chi connectivity index (χ0n) is 15.0. The summed E-state index contributed by atoms with van der Waals surface area (Å²) in [7, 11) is 3.12. The van der Waals surface area contributed by atoms with Crippen LogP contribution < -0.4 is 19.7 Å². The lowest BCUT2D eigenvalue weighted by molar-refractivity contribution is -0.117. The highest BCUT2D eigenvalue weighted by atomic mass is 35.5. The fourth-order valence-corrected chi connectivity index (χ4v) is 3.59. The number of hydrogen-bond donors (Lipinski definition) is 1. The Balaban J connectivity index is 1.62. The van der Waals surface area contributed by atoms with Gasteiger partial charge in [-0.25, -0.2) is 0 Å². The Morgan fingerprint density at radius 2 is 2.04 bits per heavy atom. The van der Waals surface area contributed by atoms with E-state index in [9.17, 15) is 4.79 Å². The van der Waals surface area contributed by atoms with E-state index in [2.05, 4.69) is 11.4 Å². The zero-order valence-corrected chi connectivity index (χ0v) is 15.8. The third-order valence-electron chi connectivity index (χ3n) is 4.51. The van der Waals surface area contributed by atoms with Gasteiger partial charge in [-0.05, 0) is 42.2 Å². The Hall–Kier alpha value is -2.24. The van der Waals surface area contributed by atoms with Gasteiger partial charge in [0.05, 0.1) is 25.8 Å². The lowest BCUT2D eigenvalue weighted by Gasteiger charge is -2.29. The average Bonchev–Trinajstić information content (AvgIpc) is 2.67. The Kier molecular flexibility index (Phi) is 6.01. The van der Waals surface area contributed by atoms with Crippen LogP contribution in [0.5, 0.6) is 11.5 Å².